The Balaban J connectivity index is 0.000000970. The van der Waals surface area contributed by atoms with E-state index in [4.69, 9.17) is 9.53 Å². The molecule has 5 heteroatoms. The highest BCUT2D eigenvalue weighted by atomic mass is 19.1. The number of rotatable bonds is 4. The number of hydrogen-bond acceptors (Lipinski definition) is 3. The predicted molar refractivity (Wildman–Crippen MR) is 133 cm³/mol. The van der Waals surface area contributed by atoms with Gasteiger partial charge in [-0.05, 0) is 78.6 Å². The Morgan fingerprint density at radius 3 is 2.53 bits per heavy atom. The number of methoxy groups -OCH3 is 1. The fraction of sp³-hybridized carbons (Fsp3) is 0.241. The van der Waals surface area contributed by atoms with Gasteiger partial charge in [0.15, 0.2) is 11.6 Å². The molecule has 34 heavy (non-hydrogen) atoms. The zero-order valence-electron chi connectivity index (χ0n) is 19.8. The molecule has 0 amide bonds. The molecule has 0 aliphatic heterocycles. The molecule has 0 saturated heterocycles. The number of ether oxygens (including phenoxy) is 1. The van der Waals surface area contributed by atoms with Gasteiger partial charge < -0.3 is 9.53 Å². The van der Waals surface area contributed by atoms with E-state index in [9.17, 15) is 8.78 Å². The summed E-state index contributed by atoms with van der Waals surface area (Å²) < 4.78 is 34.2. The molecular formula is C29H29F2NO2. The summed E-state index contributed by atoms with van der Waals surface area (Å²) in [6, 6.07) is 12.4. The lowest BCUT2D eigenvalue weighted by Gasteiger charge is -2.31. The van der Waals surface area contributed by atoms with Gasteiger partial charge in [0.05, 0.1) is 12.8 Å². The van der Waals surface area contributed by atoms with E-state index in [-0.39, 0.29) is 29.2 Å². The quantitative estimate of drug-likeness (QED) is 0.327. The molecule has 0 bridgehead atoms. The molecule has 0 fully saturated rings. The first-order valence-corrected chi connectivity index (χ1v) is 10.8. The smallest absolute Gasteiger partial charge is 0.165 e. The monoisotopic (exact) mass is 461 g/mol. The maximum atomic E-state index is 14.6. The molecule has 0 spiro atoms. The number of pyridine rings is 1. The lowest BCUT2D eigenvalue weighted by atomic mass is 9.73. The minimum absolute atomic E-state index is 0.114. The van der Waals surface area contributed by atoms with Gasteiger partial charge in [-0.2, -0.15) is 0 Å². The third kappa shape index (κ3) is 5.58. The van der Waals surface area contributed by atoms with Gasteiger partial charge in [-0.25, -0.2) is 8.78 Å². The first kappa shape index (κ1) is 26.5. The van der Waals surface area contributed by atoms with Crippen molar-refractivity contribution in [3.63, 3.8) is 0 Å². The number of fused-ring (bicyclic) bond motifs is 3. The van der Waals surface area contributed by atoms with Crippen molar-refractivity contribution < 1.29 is 18.3 Å². The highest BCUT2D eigenvalue weighted by molar-refractivity contribution is 5.72. The Morgan fingerprint density at radius 2 is 1.88 bits per heavy atom. The van der Waals surface area contributed by atoms with Crippen molar-refractivity contribution in [3.05, 3.63) is 95.7 Å². The van der Waals surface area contributed by atoms with Crippen LogP contribution in [0.25, 0.3) is 11.3 Å². The molecule has 1 aromatic heterocycles. The Morgan fingerprint density at radius 1 is 1.15 bits per heavy atom. The Bertz CT molecular complexity index is 1190. The van der Waals surface area contributed by atoms with Gasteiger partial charge >= 0.3 is 0 Å². The van der Waals surface area contributed by atoms with E-state index in [2.05, 4.69) is 43.0 Å². The molecule has 0 saturated carbocycles. The summed E-state index contributed by atoms with van der Waals surface area (Å²) in [7, 11) is 1.46. The van der Waals surface area contributed by atoms with E-state index >= 15 is 0 Å². The van der Waals surface area contributed by atoms with Crippen molar-refractivity contribution >= 4 is 6.79 Å². The van der Waals surface area contributed by atoms with Crippen LogP contribution in [0.3, 0.4) is 0 Å². The van der Waals surface area contributed by atoms with Crippen LogP contribution in [0.15, 0.2) is 61.8 Å². The lowest BCUT2D eigenvalue weighted by Crippen LogP contribution is -2.21. The molecule has 2 atom stereocenters. The zero-order valence-corrected chi connectivity index (χ0v) is 19.8. The normalized spacial score (nSPS) is 13.9. The molecule has 2 unspecified atom stereocenters. The van der Waals surface area contributed by atoms with Gasteiger partial charge in [0.25, 0.3) is 0 Å². The second kappa shape index (κ2) is 12.5. The average Bonchev–Trinajstić information content (AvgIpc) is 2.87. The number of benzene rings is 2. The van der Waals surface area contributed by atoms with Crippen LogP contribution in [0.4, 0.5) is 8.78 Å². The van der Waals surface area contributed by atoms with Crippen LogP contribution in [-0.2, 0) is 17.6 Å². The van der Waals surface area contributed by atoms with Crippen LogP contribution in [-0.4, -0.2) is 18.9 Å². The van der Waals surface area contributed by atoms with Gasteiger partial charge in [-0.3, -0.25) is 4.98 Å². The highest BCUT2D eigenvalue weighted by Gasteiger charge is 2.31. The second-order valence-corrected chi connectivity index (χ2v) is 7.76. The van der Waals surface area contributed by atoms with Crippen LogP contribution in [0.1, 0.15) is 42.0 Å². The standard InChI is InChI=1S/C26H23F2NO.C2H4.CH2O/c1-4-6-17-8-9-18(23(27)12-17)11-16(2)21-13-19-14-24(28)25(30-3)15-22(19)26-20(21)7-5-10-29-26;2*1-2/h5,7-10,12,14-16,21H,11,13H2,1-3H3;1-2H2;1H2. The first-order chi connectivity index (χ1) is 16.5. The van der Waals surface area contributed by atoms with E-state index in [0.29, 0.717) is 24.0 Å². The maximum absolute atomic E-state index is 14.6. The van der Waals surface area contributed by atoms with Crippen LogP contribution >= 0.6 is 0 Å². The van der Waals surface area contributed by atoms with Crippen LogP contribution in [0.5, 0.6) is 5.75 Å². The van der Waals surface area contributed by atoms with Crippen molar-refractivity contribution in [1.82, 2.24) is 4.98 Å². The Kier molecular flexibility index (Phi) is 9.70. The van der Waals surface area contributed by atoms with Gasteiger partial charge in [0.2, 0.25) is 0 Å². The Labute approximate surface area is 200 Å². The molecule has 0 radical (unpaired) electrons. The molecule has 1 heterocycles. The number of hydrogen-bond donors (Lipinski definition) is 0. The summed E-state index contributed by atoms with van der Waals surface area (Å²) in [4.78, 5) is 12.6. The summed E-state index contributed by atoms with van der Waals surface area (Å²) in [6.07, 6.45) is 3.01. The summed E-state index contributed by atoms with van der Waals surface area (Å²) in [5, 5.41) is 0. The highest BCUT2D eigenvalue weighted by Crippen LogP contribution is 2.44. The molecule has 3 aromatic rings. The van der Waals surface area contributed by atoms with E-state index in [1.165, 1.54) is 13.2 Å². The van der Waals surface area contributed by atoms with Crippen LogP contribution < -0.4 is 4.74 Å². The summed E-state index contributed by atoms with van der Waals surface area (Å²) >= 11 is 0. The zero-order chi connectivity index (χ0) is 25.3. The molecule has 4 rings (SSSR count). The molecule has 176 valence electrons. The number of nitrogens with zero attached hydrogens (tertiary/aromatic N) is 1. The molecular weight excluding hydrogens is 432 g/mol. The number of halogens is 2. The van der Waals surface area contributed by atoms with E-state index in [0.717, 1.165) is 22.4 Å². The van der Waals surface area contributed by atoms with Crippen LogP contribution in [0.2, 0.25) is 0 Å². The minimum atomic E-state index is -0.374. The SMILES string of the molecule is C=C.C=O.CC#Cc1ccc(CC(C)C2Cc3cc(F)c(OC)cc3-c3ncccc32)c(F)c1. The molecule has 3 nitrogen and oxygen atoms in total. The molecule has 0 N–H and O–H groups in total. The molecule has 1 aliphatic rings. The van der Waals surface area contributed by atoms with Crippen molar-refractivity contribution in [2.24, 2.45) is 5.92 Å². The fourth-order valence-electron chi connectivity index (χ4n) is 4.36. The van der Waals surface area contributed by atoms with Gasteiger partial charge in [0.1, 0.15) is 12.6 Å². The van der Waals surface area contributed by atoms with Crippen LogP contribution in [0, 0.1) is 29.4 Å². The summed E-state index contributed by atoms with van der Waals surface area (Å²) in [6.45, 7) is 11.9. The summed E-state index contributed by atoms with van der Waals surface area (Å²) in [5.74, 6) is 5.54. The van der Waals surface area contributed by atoms with E-state index in [1.54, 1.807) is 25.3 Å². The van der Waals surface area contributed by atoms with Crippen molar-refractivity contribution in [2.45, 2.75) is 32.6 Å². The largest absolute Gasteiger partial charge is 0.494 e. The number of aromatic nitrogens is 1. The van der Waals surface area contributed by atoms with Gasteiger partial charge in [-0.15, -0.1) is 19.1 Å². The van der Waals surface area contributed by atoms with Gasteiger partial charge in [0, 0.05) is 17.3 Å². The predicted octanol–water partition coefficient (Wildman–Crippen LogP) is 6.54. The molecule has 2 aromatic carbocycles. The molecule has 1 aliphatic carbocycles. The van der Waals surface area contributed by atoms with E-state index in [1.807, 2.05) is 25.0 Å². The van der Waals surface area contributed by atoms with Gasteiger partial charge in [-0.1, -0.05) is 25.0 Å². The first-order valence-electron chi connectivity index (χ1n) is 10.8. The number of carbonyl (C=O) groups is 1. The number of carbonyl (C=O) groups excluding carboxylic acids is 1. The van der Waals surface area contributed by atoms with Crippen molar-refractivity contribution in [2.75, 3.05) is 7.11 Å². The summed E-state index contributed by atoms with van der Waals surface area (Å²) in [5.41, 5.74) is 5.12. The lowest BCUT2D eigenvalue weighted by molar-refractivity contribution is -0.0979. The minimum Gasteiger partial charge on any atom is -0.494 e. The maximum Gasteiger partial charge on any atom is 0.165 e. The van der Waals surface area contributed by atoms with Crippen molar-refractivity contribution in [1.29, 1.82) is 0 Å². The second-order valence-electron chi connectivity index (χ2n) is 7.76. The van der Waals surface area contributed by atoms with Crippen molar-refractivity contribution in [3.8, 4) is 28.8 Å². The third-order valence-corrected chi connectivity index (χ3v) is 5.86. The van der Waals surface area contributed by atoms with E-state index < -0.39 is 0 Å². The average molecular weight is 462 g/mol. The fourth-order valence-corrected chi connectivity index (χ4v) is 4.36. The topological polar surface area (TPSA) is 39.2 Å². The third-order valence-electron chi connectivity index (χ3n) is 5.86. The Hall–Kier alpha value is -3.78.